The molecule has 4 aliphatic carbocycles. The molecule has 5 aliphatic rings. The van der Waals surface area contributed by atoms with E-state index >= 15 is 0 Å². The Morgan fingerprint density at radius 2 is 1.68 bits per heavy atom. The fraction of sp³-hybridized carbons (Fsp3) is 0.400. The average molecular weight is 581 g/mol. The Hall–Kier alpha value is -3.30. The quantitative estimate of drug-likeness (QED) is 0.238. The fourth-order valence-corrected chi connectivity index (χ4v) is 8.06. The minimum atomic E-state index is -0.558. The summed E-state index contributed by atoms with van der Waals surface area (Å²) in [5.41, 5.74) is 0.715. The third kappa shape index (κ3) is 5.24. The Kier molecular flexibility index (Phi) is 7.12. The first-order valence-electron chi connectivity index (χ1n) is 13.4. The second-order valence-electron chi connectivity index (χ2n) is 11.3. The molecule has 10 heteroatoms. The van der Waals surface area contributed by atoms with Gasteiger partial charge in [0.1, 0.15) is 6.54 Å². The molecule has 208 valence electrons. The molecule has 0 radical (unpaired) electrons. The maximum atomic E-state index is 13.4. The molecule has 0 spiro atoms. The van der Waals surface area contributed by atoms with Crippen molar-refractivity contribution in [3.63, 3.8) is 0 Å². The van der Waals surface area contributed by atoms with Gasteiger partial charge >= 0.3 is 5.97 Å². The number of rotatable bonds is 7. The van der Waals surface area contributed by atoms with Crippen molar-refractivity contribution in [1.29, 1.82) is 0 Å². The number of benzene rings is 2. The lowest BCUT2D eigenvalue weighted by Crippen LogP contribution is -2.51. The third-order valence-electron chi connectivity index (χ3n) is 8.46. The van der Waals surface area contributed by atoms with Crippen LogP contribution in [0, 0.1) is 23.2 Å². The predicted octanol–water partition coefficient (Wildman–Crippen LogP) is 6.15. The maximum absolute atomic E-state index is 13.4. The van der Waals surface area contributed by atoms with Crippen LogP contribution in [0.3, 0.4) is 0 Å². The average Bonchev–Trinajstić information content (AvgIpc) is 3.17. The molecule has 0 aromatic heterocycles. The van der Waals surface area contributed by atoms with Crippen LogP contribution in [-0.4, -0.2) is 41.6 Å². The molecule has 1 aliphatic heterocycles. The van der Waals surface area contributed by atoms with Crippen LogP contribution < -0.4 is 14.8 Å². The van der Waals surface area contributed by atoms with Crippen LogP contribution in [0.15, 0.2) is 47.4 Å². The second kappa shape index (κ2) is 10.6. The highest BCUT2D eigenvalue weighted by atomic mass is 35.5. The zero-order valence-electron chi connectivity index (χ0n) is 22.0. The summed E-state index contributed by atoms with van der Waals surface area (Å²) < 4.78 is 11.4. The monoisotopic (exact) mass is 580 g/mol. The lowest BCUT2D eigenvalue weighted by Gasteiger charge is -2.55. The van der Waals surface area contributed by atoms with Gasteiger partial charge in [-0.15, -0.1) is 0 Å². The van der Waals surface area contributed by atoms with Gasteiger partial charge in [0.05, 0.1) is 17.4 Å². The summed E-state index contributed by atoms with van der Waals surface area (Å²) >= 11 is 6.63. The second-order valence-corrected chi connectivity index (χ2v) is 12.8. The number of halogens is 1. The molecule has 7 rings (SSSR count). The molecule has 1 heterocycles. The maximum Gasteiger partial charge on any atom is 0.317 e. The largest absolute Gasteiger partial charge is 0.493 e. The Morgan fingerprint density at radius 1 is 1.02 bits per heavy atom. The predicted molar refractivity (Wildman–Crippen MR) is 152 cm³/mol. The summed E-state index contributed by atoms with van der Waals surface area (Å²) in [7, 11) is 1.49. The smallest absolute Gasteiger partial charge is 0.317 e. The lowest BCUT2D eigenvalue weighted by atomic mass is 9.49. The van der Waals surface area contributed by atoms with Gasteiger partial charge in [0.2, 0.25) is 5.91 Å². The number of methoxy groups -OCH3 is 1. The van der Waals surface area contributed by atoms with Crippen LogP contribution in [-0.2, 0) is 14.4 Å². The number of ether oxygens (including phenoxy) is 2. The van der Waals surface area contributed by atoms with Gasteiger partial charge in [-0.2, -0.15) is 0 Å². The van der Waals surface area contributed by atoms with E-state index in [2.05, 4.69) is 5.32 Å². The zero-order valence-corrected chi connectivity index (χ0v) is 23.6. The first kappa shape index (κ1) is 26.9. The van der Waals surface area contributed by atoms with Gasteiger partial charge in [0, 0.05) is 10.7 Å². The summed E-state index contributed by atoms with van der Waals surface area (Å²) in [6.07, 6.45) is 8.01. The minimum absolute atomic E-state index is 0.171. The number of carbonyl (C=O) groups excluding carboxylic acids is 4. The van der Waals surface area contributed by atoms with Crippen LogP contribution in [0.4, 0.5) is 10.5 Å². The molecule has 3 amide bonds. The lowest BCUT2D eigenvalue weighted by molar-refractivity contribution is -0.161. The molecule has 2 aromatic rings. The van der Waals surface area contributed by atoms with Crippen LogP contribution in [0.2, 0.25) is 5.02 Å². The number of esters is 1. The van der Waals surface area contributed by atoms with E-state index in [0.717, 1.165) is 35.9 Å². The van der Waals surface area contributed by atoms with E-state index in [-0.39, 0.29) is 10.9 Å². The van der Waals surface area contributed by atoms with E-state index in [0.29, 0.717) is 45.5 Å². The molecule has 1 saturated heterocycles. The van der Waals surface area contributed by atoms with Gasteiger partial charge in [0.25, 0.3) is 11.1 Å². The van der Waals surface area contributed by atoms with Gasteiger partial charge in [-0.1, -0.05) is 17.7 Å². The van der Waals surface area contributed by atoms with Crippen molar-refractivity contribution in [3.8, 4) is 11.5 Å². The summed E-state index contributed by atoms with van der Waals surface area (Å²) in [4.78, 5) is 52.4. The Balaban J connectivity index is 1.13. The standard InChI is InChI=1S/C30H29ClN2O6S/c1-38-24-11-17(2-7-23(24)39-28(36)30-13-18-8-19(14-30)10-20(9-18)15-30)12-25-27(35)33(29(37)40-25)16-26(34)32-22-5-3-21(31)4-6-22/h2-7,11-12,18-20H,8-10,13-16H2,1H3,(H,32,34)/b25-12-. The molecule has 4 bridgehead atoms. The Bertz CT molecular complexity index is 1390. The number of hydrogen-bond acceptors (Lipinski definition) is 7. The first-order valence-corrected chi connectivity index (χ1v) is 14.6. The van der Waals surface area contributed by atoms with Crippen molar-refractivity contribution in [2.24, 2.45) is 23.2 Å². The van der Waals surface area contributed by atoms with Crippen molar-refractivity contribution in [2.75, 3.05) is 19.0 Å². The molecule has 0 unspecified atom stereocenters. The molecular formula is C30H29ClN2O6S. The van der Waals surface area contributed by atoms with E-state index in [1.165, 1.54) is 26.4 Å². The highest BCUT2D eigenvalue weighted by Crippen LogP contribution is 2.60. The van der Waals surface area contributed by atoms with Crippen molar-refractivity contribution < 1.29 is 28.7 Å². The van der Waals surface area contributed by atoms with Crippen LogP contribution in [0.1, 0.15) is 44.1 Å². The minimum Gasteiger partial charge on any atom is -0.493 e. The molecule has 40 heavy (non-hydrogen) atoms. The van der Waals surface area contributed by atoms with Gasteiger partial charge in [0.15, 0.2) is 11.5 Å². The van der Waals surface area contributed by atoms with Crippen molar-refractivity contribution in [1.82, 2.24) is 4.90 Å². The molecule has 0 atom stereocenters. The van der Waals surface area contributed by atoms with Gasteiger partial charge < -0.3 is 14.8 Å². The summed E-state index contributed by atoms with van der Waals surface area (Å²) in [5, 5.41) is 2.64. The number of amides is 3. The summed E-state index contributed by atoms with van der Waals surface area (Å²) in [6, 6.07) is 11.6. The van der Waals surface area contributed by atoms with Crippen molar-refractivity contribution >= 4 is 58.1 Å². The van der Waals surface area contributed by atoms with E-state index in [4.69, 9.17) is 21.1 Å². The number of nitrogens with one attached hydrogen (secondary N) is 1. The van der Waals surface area contributed by atoms with Crippen LogP contribution in [0.5, 0.6) is 11.5 Å². The highest BCUT2D eigenvalue weighted by Gasteiger charge is 2.55. The summed E-state index contributed by atoms with van der Waals surface area (Å²) in [5.74, 6) is 1.36. The number of thioether (sulfide) groups is 1. The molecule has 4 saturated carbocycles. The van der Waals surface area contributed by atoms with Gasteiger partial charge in [-0.25, -0.2) is 0 Å². The SMILES string of the molecule is COc1cc(/C=C2\SC(=O)N(CC(=O)Nc3ccc(Cl)cc3)C2=O)ccc1OC(=O)C12CC3CC(CC(C3)C1)C2. The van der Waals surface area contributed by atoms with Gasteiger partial charge in [-0.05, 0) is 116 Å². The normalized spacial score (nSPS) is 27.8. The van der Waals surface area contributed by atoms with Crippen molar-refractivity contribution in [3.05, 3.63) is 58.0 Å². The molecule has 1 N–H and O–H groups in total. The van der Waals surface area contributed by atoms with E-state index < -0.39 is 29.0 Å². The molecule has 8 nitrogen and oxygen atoms in total. The Labute approximate surface area is 241 Å². The number of carbonyl (C=O) groups is 4. The molecule has 2 aromatic carbocycles. The zero-order chi connectivity index (χ0) is 28.0. The first-order chi connectivity index (χ1) is 19.2. The molecule has 5 fully saturated rings. The van der Waals surface area contributed by atoms with Crippen LogP contribution in [0.25, 0.3) is 6.08 Å². The van der Waals surface area contributed by atoms with E-state index in [1.807, 2.05) is 0 Å². The number of anilines is 1. The van der Waals surface area contributed by atoms with E-state index in [1.54, 1.807) is 48.5 Å². The van der Waals surface area contributed by atoms with E-state index in [9.17, 15) is 19.2 Å². The van der Waals surface area contributed by atoms with Crippen LogP contribution >= 0.6 is 23.4 Å². The van der Waals surface area contributed by atoms with Gasteiger partial charge in [-0.3, -0.25) is 24.1 Å². The third-order valence-corrected chi connectivity index (χ3v) is 9.62. The number of imide groups is 1. The summed E-state index contributed by atoms with van der Waals surface area (Å²) in [6.45, 7) is -0.410. The topological polar surface area (TPSA) is 102 Å². The number of nitrogens with zero attached hydrogens (tertiary/aromatic N) is 1. The van der Waals surface area contributed by atoms with Crippen molar-refractivity contribution in [2.45, 2.75) is 38.5 Å². The Morgan fingerprint density at radius 3 is 2.30 bits per heavy atom. The number of hydrogen-bond donors (Lipinski definition) is 1. The highest BCUT2D eigenvalue weighted by molar-refractivity contribution is 8.18. The molecular weight excluding hydrogens is 552 g/mol. The fourth-order valence-electron chi connectivity index (χ4n) is 7.09.